The van der Waals surface area contributed by atoms with Crippen molar-refractivity contribution >= 4 is 27.4 Å². The Labute approximate surface area is 163 Å². The van der Waals surface area contributed by atoms with Gasteiger partial charge in [-0.1, -0.05) is 18.2 Å². The van der Waals surface area contributed by atoms with Crippen LogP contribution in [0.3, 0.4) is 0 Å². The number of halogens is 1. The molecule has 1 aliphatic heterocycles. The standard InChI is InChI=1S/C20H21FN2O4S/c1-14(24)15-5-7-19(8-6-15)28(26,27)23-11-9-16(10-12-23)20(25)22-18-4-2-3-17(21)13-18/h2-8,13,16H,9-12H2,1H3,(H,22,25). The third-order valence-electron chi connectivity index (χ3n) is 4.82. The van der Waals surface area contributed by atoms with Gasteiger partial charge in [-0.15, -0.1) is 0 Å². The van der Waals surface area contributed by atoms with Crippen molar-refractivity contribution in [3.8, 4) is 0 Å². The van der Waals surface area contributed by atoms with Crippen molar-refractivity contribution in [2.24, 2.45) is 5.92 Å². The van der Waals surface area contributed by atoms with E-state index in [9.17, 15) is 22.4 Å². The maximum atomic E-state index is 13.2. The lowest BCUT2D eigenvalue weighted by Crippen LogP contribution is -2.41. The van der Waals surface area contributed by atoms with Crippen molar-refractivity contribution in [1.29, 1.82) is 0 Å². The number of rotatable bonds is 5. The molecule has 0 aliphatic carbocycles. The minimum absolute atomic E-state index is 0.125. The number of piperidine rings is 1. The number of carbonyl (C=O) groups is 2. The quantitative estimate of drug-likeness (QED) is 0.777. The number of nitrogens with one attached hydrogen (secondary N) is 1. The van der Waals surface area contributed by atoms with Gasteiger partial charge in [-0.25, -0.2) is 12.8 Å². The average Bonchev–Trinajstić information content (AvgIpc) is 2.68. The second-order valence-electron chi connectivity index (χ2n) is 6.76. The van der Waals surface area contributed by atoms with E-state index in [0.717, 1.165) is 0 Å². The molecule has 2 aromatic rings. The van der Waals surface area contributed by atoms with E-state index in [1.807, 2.05) is 0 Å². The number of hydrogen-bond acceptors (Lipinski definition) is 4. The van der Waals surface area contributed by atoms with Crippen LogP contribution in [0.1, 0.15) is 30.1 Å². The number of carbonyl (C=O) groups excluding carboxylic acids is 2. The topological polar surface area (TPSA) is 83.6 Å². The van der Waals surface area contributed by atoms with Gasteiger partial charge in [-0.3, -0.25) is 9.59 Å². The lowest BCUT2D eigenvalue weighted by atomic mass is 9.97. The molecule has 1 fully saturated rings. The summed E-state index contributed by atoms with van der Waals surface area (Å²) in [5.74, 6) is -1.15. The van der Waals surface area contributed by atoms with Crippen molar-refractivity contribution in [2.75, 3.05) is 18.4 Å². The Kier molecular flexibility index (Phi) is 5.90. The molecule has 0 spiro atoms. The largest absolute Gasteiger partial charge is 0.326 e. The molecule has 0 saturated carbocycles. The van der Waals surface area contributed by atoms with Crippen LogP contribution in [0.25, 0.3) is 0 Å². The molecule has 8 heteroatoms. The van der Waals surface area contributed by atoms with Gasteiger partial charge in [0.15, 0.2) is 5.78 Å². The monoisotopic (exact) mass is 404 g/mol. The summed E-state index contributed by atoms with van der Waals surface area (Å²) in [4.78, 5) is 23.8. The first-order chi connectivity index (χ1) is 13.3. The van der Waals surface area contributed by atoms with Crippen molar-refractivity contribution in [1.82, 2.24) is 4.31 Å². The minimum Gasteiger partial charge on any atom is -0.326 e. The Morgan fingerprint density at radius 2 is 1.71 bits per heavy atom. The van der Waals surface area contributed by atoms with Gasteiger partial charge < -0.3 is 5.32 Å². The summed E-state index contributed by atoms with van der Waals surface area (Å²) < 4.78 is 40.1. The van der Waals surface area contributed by atoms with Gasteiger partial charge in [0, 0.05) is 30.3 Å². The van der Waals surface area contributed by atoms with Crippen LogP contribution in [0.15, 0.2) is 53.4 Å². The van der Waals surface area contributed by atoms with E-state index < -0.39 is 15.8 Å². The lowest BCUT2D eigenvalue weighted by molar-refractivity contribution is -0.120. The zero-order valence-electron chi connectivity index (χ0n) is 15.4. The highest BCUT2D eigenvalue weighted by Crippen LogP contribution is 2.25. The maximum Gasteiger partial charge on any atom is 0.243 e. The first-order valence-electron chi connectivity index (χ1n) is 8.95. The Hall–Kier alpha value is -2.58. The summed E-state index contributed by atoms with van der Waals surface area (Å²) in [5, 5.41) is 2.68. The van der Waals surface area contributed by atoms with Crippen LogP contribution < -0.4 is 5.32 Å². The van der Waals surface area contributed by atoms with Gasteiger partial charge in [0.2, 0.25) is 15.9 Å². The molecule has 0 bridgehead atoms. The molecule has 0 atom stereocenters. The van der Waals surface area contributed by atoms with Crippen LogP contribution >= 0.6 is 0 Å². The Bertz CT molecular complexity index is 982. The van der Waals surface area contributed by atoms with E-state index >= 15 is 0 Å². The third kappa shape index (κ3) is 4.45. The molecule has 1 aliphatic rings. The molecule has 0 aromatic heterocycles. The van der Waals surface area contributed by atoms with Crippen LogP contribution in [0.4, 0.5) is 10.1 Å². The molecule has 1 saturated heterocycles. The summed E-state index contributed by atoms with van der Waals surface area (Å²) in [6.07, 6.45) is 0.762. The summed E-state index contributed by atoms with van der Waals surface area (Å²) in [6, 6.07) is 11.5. The van der Waals surface area contributed by atoms with Crippen molar-refractivity contribution in [3.05, 3.63) is 59.9 Å². The van der Waals surface area contributed by atoms with Gasteiger partial charge in [-0.2, -0.15) is 4.31 Å². The molecule has 1 amide bonds. The third-order valence-corrected chi connectivity index (χ3v) is 6.73. The van der Waals surface area contributed by atoms with Crippen LogP contribution in [-0.4, -0.2) is 37.5 Å². The fraction of sp³-hybridized carbons (Fsp3) is 0.300. The van der Waals surface area contributed by atoms with E-state index in [4.69, 9.17) is 0 Å². The molecule has 0 radical (unpaired) electrons. The zero-order valence-corrected chi connectivity index (χ0v) is 16.2. The summed E-state index contributed by atoms with van der Waals surface area (Å²) in [7, 11) is -3.68. The zero-order chi connectivity index (χ0) is 20.3. The highest BCUT2D eigenvalue weighted by molar-refractivity contribution is 7.89. The van der Waals surface area contributed by atoms with Crippen LogP contribution in [-0.2, 0) is 14.8 Å². The molecule has 148 valence electrons. The fourth-order valence-corrected chi connectivity index (χ4v) is 4.65. The van der Waals surface area contributed by atoms with Gasteiger partial charge in [-0.05, 0) is 50.1 Å². The Morgan fingerprint density at radius 1 is 1.07 bits per heavy atom. The number of ketones is 1. The second kappa shape index (κ2) is 8.20. The fourth-order valence-electron chi connectivity index (χ4n) is 3.18. The summed E-state index contributed by atoms with van der Waals surface area (Å²) in [5.41, 5.74) is 0.831. The van der Waals surface area contributed by atoms with Crippen molar-refractivity contribution in [2.45, 2.75) is 24.7 Å². The first-order valence-corrected chi connectivity index (χ1v) is 10.4. The molecule has 28 heavy (non-hydrogen) atoms. The van der Waals surface area contributed by atoms with E-state index in [1.54, 1.807) is 6.07 Å². The average molecular weight is 404 g/mol. The SMILES string of the molecule is CC(=O)c1ccc(S(=O)(=O)N2CCC(C(=O)Nc3cccc(F)c3)CC2)cc1. The Morgan fingerprint density at radius 3 is 2.29 bits per heavy atom. The number of anilines is 1. The highest BCUT2D eigenvalue weighted by atomic mass is 32.2. The number of benzene rings is 2. The number of nitrogens with zero attached hydrogens (tertiary/aromatic N) is 1. The molecule has 1 N–H and O–H groups in total. The minimum atomic E-state index is -3.68. The van der Waals surface area contributed by atoms with E-state index in [2.05, 4.69) is 5.32 Å². The van der Waals surface area contributed by atoms with Gasteiger partial charge in [0.25, 0.3) is 0 Å². The summed E-state index contributed by atoms with van der Waals surface area (Å²) >= 11 is 0. The molecular weight excluding hydrogens is 383 g/mol. The molecule has 2 aromatic carbocycles. The number of amides is 1. The van der Waals surface area contributed by atoms with E-state index in [0.29, 0.717) is 24.1 Å². The molecule has 0 unspecified atom stereocenters. The molecule has 1 heterocycles. The van der Waals surface area contributed by atoms with Crippen molar-refractivity contribution < 1.29 is 22.4 Å². The molecule has 3 rings (SSSR count). The van der Waals surface area contributed by atoms with Gasteiger partial charge in [0.05, 0.1) is 4.90 Å². The van der Waals surface area contributed by atoms with Gasteiger partial charge in [0.1, 0.15) is 5.82 Å². The number of sulfonamides is 1. The molecule has 6 nitrogen and oxygen atoms in total. The second-order valence-corrected chi connectivity index (χ2v) is 8.70. The molecular formula is C20H21FN2O4S. The van der Waals surface area contributed by atoms with E-state index in [-0.39, 0.29) is 35.6 Å². The lowest BCUT2D eigenvalue weighted by Gasteiger charge is -2.30. The number of hydrogen-bond donors (Lipinski definition) is 1. The predicted octanol–water partition coefficient (Wildman–Crippen LogP) is 3.07. The maximum absolute atomic E-state index is 13.2. The predicted molar refractivity (Wildman–Crippen MR) is 103 cm³/mol. The number of Topliss-reactive ketones (excluding diaryl/α,β-unsaturated/α-hetero) is 1. The van der Waals surface area contributed by atoms with Gasteiger partial charge >= 0.3 is 0 Å². The highest BCUT2D eigenvalue weighted by Gasteiger charge is 2.32. The van der Waals surface area contributed by atoms with Crippen LogP contribution in [0.5, 0.6) is 0 Å². The van der Waals surface area contributed by atoms with Crippen LogP contribution in [0.2, 0.25) is 0 Å². The smallest absolute Gasteiger partial charge is 0.243 e. The normalized spacial score (nSPS) is 15.9. The Balaban J connectivity index is 1.62. The van der Waals surface area contributed by atoms with E-state index in [1.165, 1.54) is 53.7 Å². The van der Waals surface area contributed by atoms with Crippen LogP contribution in [0, 0.1) is 11.7 Å². The first kappa shape index (κ1) is 20.2. The van der Waals surface area contributed by atoms with Crippen molar-refractivity contribution in [3.63, 3.8) is 0 Å². The summed E-state index contributed by atoms with van der Waals surface area (Å²) in [6.45, 7) is 1.86.